The van der Waals surface area contributed by atoms with Gasteiger partial charge in [-0.2, -0.15) is 0 Å². The van der Waals surface area contributed by atoms with Gasteiger partial charge in [-0.05, 0) is 60.6 Å². The third-order valence-corrected chi connectivity index (χ3v) is 4.70. The molecular formula is C19H23BrN2O2. The van der Waals surface area contributed by atoms with Crippen molar-refractivity contribution < 1.29 is 9.53 Å². The second-order valence-electron chi connectivity index (χ2n) is 5.86. The SMILES string of the molecule is COc1ccccc1C(C)N(C)CC(=O)Nc1ccc(C)cc1Br. The summed E-state index contributed by atoms with van der Waals surface area (Å²) in [5.41, 5.74) is 2.98. The summed E-state index contributed by atoms with van der Waals surface area (Å²) in [5, 5.41) is 2.94. The maximum absolute atomic E-state index is 12.3. The predicted molar refractivity (Wildman–Crippen MR) is 102 cm³/mol. The molecule has 128 valence electrons. The van der Waals surface area contributed by atoms with Gasteiger partial charge in [0, 0.05) is 16.1 Å². The fourth-order valence-corrected chi connectivity index (χ4v) is 3.12. The lowest BCUT2D eigenvalue weighted by Gasteiger charge is -2.26. The van der Waals surface area contributed by atoms with Gasteiger partial charge in [0.15, 0.2) is 0 Å². The molecule has 2 aromatic carbocycles. The average molecular weight is 391 g/mol. The highest BCUT2D eigenvalue weighted by Gasteiger charge is 2.18. The van der Waals surface area contributed by atoms with Crippen molar-refractivity contribution in [2.45, 2.75) is 19.9 Å². The molecule has 0 fully saturated rings. The van der Waals surface area contributed by atoms with E-state index in [1.807, 2.05) is 61.3 Å². The maximum Gasteiger partial charge on any atom is 0.238 e. The summed E-state index contributed by atoms with van der Waals surface area (Å²) in [4.78, 5) is 14.3. The number of ether oxygens (including phenoxy) is 1. The number of para-hydroxylation sites is 1. The minimum absolute atomic E-state index is 0.0520. The number of halogens is 1. The van der Waals surface area contributed by atoms with Crippen LogP contribution in [0.2, 0.25) is 0 Å². The normalized spacial score (nSPS) is 12.1. The van der Waals surface area contributed by atoms with E-state index in [4.69, 9.17) is 4.74 Å². The van der Waals surface area contributed by atoms with Gasteiger partial charge in [0.25, 0.3) is 0 Å². The van der Waals surface area contributed by atoms with Crippen LogP contribution < -0.4 is 10.1 Å². The number of hydrogen-bond donors (Lipinski definition) is 1. The first-order valence-corrected chi connectivity index (χ1v) is 8.61. The summed E-state index contributed by atoms with van der Waals surface area (Å²) in [6.45, 7) is 4.37. The third-order valence-electron chi connectivity index (χ3n) is 4.04. The molecule has 0 radical (unpaired) electrons. The van der Waals surface area contributed by atoms with Crippen molar-refractivity contribution in [3.8, 4) is 5.75 Å². The molecule has 2 aromatic rings. The largest absolute Gasteiger partial charge is 0.496 e. The van der Waals surface area contributed by atoms with Gasteiger partial charge in [-0.1, -0.05) is 24.3 Å². The van der Waals surface area contributed by atoms with Crippen LogP contribution in [-0.4, -0.2) is 31.5 Å². The lowest BCUT2D eigenvalue weighted by molar-refractivity contribution is -0.117. The zero-order valence-electron chi connectivity index (χ0n) is 14.5. The second-order valence-corrected chi connectivity index (χ2v) is 6.72. The van der Waals surface area contributed by atoms with Gasteiger partial charge in [-0.15, -0.1) is 0 Å². The molecule has 0 bridgehead atoms. The first-order valence-electron chi connectivity index (χ1n) is 7.81. The number of hydrogen-bond acceptors (Lipinski definition) is 3. The summed E-state index contributed by atoms with van der Waals surface area (Å²) < 4.78 is 6.30. The number of amides is 1. The van der Waals surface area contributed by atoms with Crippen LogP contribution in [0.4, 0.5) is 5.69 Å². The van der Waals surface area contributed by atoms with E-state index in [9.17, 15) is 4.79 Å². The molecule has 0 saturated carbocycles. The van der Waals surface area contributed by atoms with Gasteiger partial charge in [0.2, 0.25) is 5.91 Å². The molecule has 1 unspecified atom stereocenters. The smallest absolute Gasteiger partial charge is 0.238 e. The highest BCUT2D eigenvalue weighted by Crippen LogP contribution is 2.28. The van der Waals surface area contributed by atoms with E-state index in [1.165, 1.54) is 0 Å². The molecule has 0 heterocycles. The van der Waals surface area contributed by atoms with E-state index in [-0.39, 0.29) is 11.9 Å². The van der Waals surface area contributed by atoms with Crippen LogP contribution in [0, 0.1) is 6.92 Å². The number of likely N-dealkylation sites (N-methyl/N-ethyl adjacent to an activating group) is 1. The molecule has 0 aliphatic carbocycles. The summed E-state index contributed by atoms with van der Waals surface area (Å²) in [6, 6.07) is 13.8. The number of nitrogens with zero attached hydrogens (tertiary/aromatic N) is 1. The number of carbonyl (C=O) groups excluding carboxylic acids is 1. The van der Waals surface area contributed by atoms with Crippen molar-refractivity contribution in [1.82, 2.24) is 4.90 Å². The van der Waals surface area contributed by atoms with Crippen molar-refractivity contribution in [2.75, 3.05) is 26.0 Å². The minimum atomic E-state index is -0.0520. The summed E-state index contributed by atoms with van der Waals surface area (Å²) >= 11 is 3.48. The van der Waals surface area contributed by atoms with Crippen LogP contribution in [0.5, 0.6) is 5.75 Å². The van der Waals surface area contributed by atoms with Gasteiger partial charge >= 0.3 is 0 Å². The zero-order chi connectivity index (χ0) is 17.7. The molecule has 0 aliphatic heterocycles. The van der Waals surface area contributed by atoms with E-state index >= 15 is 0 Å². The highest BCUT2D eigenvalue weighted by atomic mass is 79.9. The van der Waals surface area contributed by atoms with E-state index in [2.05, 4.69) is 28.2 Å². The van der Waals surface area contributed by atoms with Crippen LogP contribution >= 0.6 is 15.9 Å². The molecule has 0 aliphatic rings. The topological polar surface area (TPSA) is 41.6 Å². The monoisotopic (exact) mass is 390 g/mol. The van der Waals surface area contributed by atoms with E-state index < -0.39 is 0 Å². The third kappa shape index (κ3) is 4.58. The number of anilines is 1. The average Bonchev–Trinajstić information content (AvgIpc) is 2.56. The first-order chi connectivity index (χ1) is 11.4. The standard InChI is InChI=1S/C19H23BrN2O2/c1-13-9-10-17(16(20)11-13)21-19(23)12-22(3)14(2)15-7-5-6-8-18(15)24-4/h5-11,14H,12H2,1-4H3,(H,21,23). The molecule has 0 aromatic heterocycles. The Labute approximate surface area is 151 Å². The van der Waals surface area contributed by atoms with Crippen molar-refractivity contribution in [2.24, 2.45) is 0 Å². The Bertz CT molecular complexity index is 718. The van der Waals surface area contributed by atoms with Crippen molar-refractivity contribution >= 4 is 27.5 Å². The molecular weight excluding hydrogens is 368 g/mol. The lowest BCUT2D eigenvalue weighted by atomic mass is 10.1. The Kier molecular flexibility index (Phi) is 6.40. The lowest BCUT2D eigenvalue weighted by Crippen LogP contribution is -2.32. The molecule has 1 atom stereocenters. The van der Waals surface area contributed by atoms with Gasteiger partial charge in [0.05, 0.1) is 19.3 Å². The number of carbonyl (C=O) groups is 1. The molecule has 5 heteroatoms. The van der Waals surface area contributed by atoms with Crippen molar-refractivity contribution in [3.05, 3.63) is 58.1 Å². The molecule has 2 rings (SSSR count). The van der Waals surface area contributed by atoms with Crippen LogP contribution in [0.1, 0.15) is 24.1 Å². The summed E-state index contributed by atoms with van der Waals surface area (Å²) in [7, 11) is 3.59. The predicted octanol–water partition coefficient (Wildman–Crippen LogP) is 4.40. The van der Waals surface area contributed by atoms with Gasteiger partial charge < -0.3 is 10.1 Å². The van der Waals surface area contributed by atoms with Crippen LogP contribution in [0.15, 0.2) is 46.9 Å². The first kappa shape index (κ1) is 18.5. The van der Waals surface area contributed by atoms with Gasteiger partial charge in [-0.3, -0.25) is 9.69 Å². The highest BCUT2D eigenvalue weighted by molar-refractivity contribution is 9.10. The number of benzene rings is 2. The molecule has 1 N–H and O–H groups in total. The van der Waals surface area contributed by atoms with E-state index in [0.29, 0.717) is 6.54 Å². The molecule has 24 heavy (non-hydrogen) atoms. The fraction of sp³-hybridized carbons (Fsp3) is 0.316. The van der Waals surface area contributed by atoms with E-state index in [1.54, 1.807) is 7.11 Å². The minimum Gasteiger partial charge on any atom is -0.496 e. The Balaban J connectivity index is 2.02. The maximum atomic E-state index is 12.3. The number of rotatable bonds is 6. The quantitative estimate of drug-likeness (QED) is 0.794. The second kappa shape index (κ2) is 8.31. The summed E-state index contributed by atoms with van der Waals surface area (Å²) in [6.07, 6.45) is 0. The van der Waals surface area contributed by atoms with E-state index in [0.717, 1.165) is 27.0 Å². The Hall–Kier alpha value is -1.85. The Morgan fingerprint density at radius 2 is 2.00 bits per heavy atom. The van der Waals surface area contributed by atoms with Crippen LogP contribution in [0.25, 0.3) is 0 Å². The Morgan fingerprint density at radius 1 is 1.29 bits per heavy atom. The molecule has 4 nitrogen and oxygen atoms in total. The number of aryl methyl sites for hydroxylation is 1. The summed E-state index contributed by atoms with van der Waals surface area (Å²) in [5.74, 6) is 0.780. The van der Waals surface area contributed by atoms with Gasteiger partial charge in [0.1, 0.15) is 5.75 Å². The van der Waals surface area contributed by atoms with Crippen molar-refractivity contribution in [3.63, 3.8) is 0 Å². The van der Waals surface area contributed by atoms with Gasteiger partial charge in [-0.25, -0.2) is 0 Å². The molecule has 0 saturated heterocycles. The van der Waals surface area contributed by atoms with Crippen LogP contribution in [-0.2, 0) is 4.79 Å². The zero-order valence-corrected chi connectivity index (χ0v) is 16.1. The molecule has 0 spiro atoms. The molecule has 1 amide bonds. The van der Waals surface area contributed by atoms with Crippen LogP contribution in [0.3, 0.4) is 0 Å². The number of methoxy groups -OCH3 is 1. The fourth-order valence-electron chi connectivity index (χ4n) is 2.52. The Morgan fingerprint density at radius 3 is 2.67 bits per heavy atom. The van der Waals surface area contributed by atoms with Crippen molar-refractivity contribution in [1.29, 1.82) is 0 Å². The number of nitrogens with one attached hydrogen (secondary N) is 1.